The molecule has 2 amide bonds. The van der Waals surface area contributed by atoms with Crippen LogP contribution in [0.2, 0.25) is 0 Å². The van der Waals surface area contributed by atoms with Crippen LogP contribution in [-0.4, -0.2) is 30.3 Å². The van der Waals surface area contributed by atoms with Crippen molar-refractivity contribution >= 4 is 12.0 Å². The van der Waals surface area contributed by atoms with Gasteiger partial charge < -0.3 is 25.2 Å². The lowest BCUT2D eigenvalue weighted by molar-refractivity contribution is -0.127. The van der Waals surface area contributed by atoms with Gasteiger partial charge in [-0.2, -0.15) is 5.26 Å². The van der Waals surface area contributed by atoms with Crippen LogP contribution in [-0.2, 0) is 16.1 Å². The number of nitriles is 1. The summed E-state index contributed by atoms with van der Waals surface area (Å²) in [4.78, 5) is 25.3. The summed E-state index contributed by atoms with van der Waals surface area (Å²) in [5.74, 6) is -0.0324. The third kappa shape index (κ3) is 6.14. The Morgan fingerprint density at radius 3 is 2.62 bits per heavy atom. The van der Waals surface area contributed by atoms with Gasteiger partial charge in [0.15, 0.2) is 0 Å². The molecule has 1 aliphatic carbocycles. The summed E-state index contributed by atoms with van der Waals surface area (Å²) in [7, 11) is 1.58. The number of hydrogen-bond acceptors (Lipinski definition) is 6. The van der Waals surface area contributed by atoms with Crippen LogP contribution in [0.25, 0.3) is 0 Å². The van der Waals surface area contributed by atoms with Crippen LogP contribution in [0.1, 0.15) is 42.9 Å². The summed E-state index contributed by atoms with van der Waals surface area (Å²) in [5, 5.41) is 24.7. The van der Waals surface area contributed by atoms with Crippen molar-refractivity contribution in [2.75, 3.05) is 7.11 Å². The summed E-state index contributed by atoms with van der Waals surface area (Å²) >= 11 is 0. The molecule has 2 aromatic carbocycles. The second-order valence-corrected chi connectivity index (χ2v) is 7.73. The monoisotopic (exact) mass is 437 g/mol. The second-order valence-electron chi connectivity index (χ2n) is 7.73. The first kappa shape index (κ1) is 22.9. The molecular weight excluding hydrogens is 410 g/mol. The summed E-state index contributed by atoms with van der Waals surface area (Å²) in [6.45, 7) is 0.105. The van der Waals surface area contributed by atoms with E-state index in [2.05, 4.69) is 16.7 Å². The Labute approximate surface area is 187 Å². The van der Waals surface area contributed by atoms with Crippen LogP contribution in [0.3, 0.4) is 0 Å². The van der Waals surface area contributed by atoms with Crippen molar-refractivity contribution in [3.8, 4) is 17.6 Å². The molecule has 1 aliphatic rings. The van der Waals surface area contributed by atoms with Crippen LogP contribution >= 0.6 is 0 Å². The Balaban J connectivity index is 1.57. The number of aromatic hydroxyl groups is 1. The van der Waals surface area contributed by atoms with Gasteiger partial charge in [-0.15, -0.1) is 0 Å². The predicted molar refractivity (Wildman–Crippen MR) is 117 cm³/mol. The van der Waals surface area contributed by atoms with E-state index in [9.17, 15) is 20.0 Å². The summed E-state index contributed by atoms with van der Waals surface area (Å²) in [5.41, 5.74) is 1.32. The first-order valence-corrected chi connectivity index (χ1v) is 10.6. The molecule has 0 radical (unpaired) electrons. The molecule has 3 N–H and O–H groups in total. The molecule has 0 aromatic heterocycles. The Kier molecular flexibility index (Phi) is 7.92. The highest BCUT2D eigenvalue weighted by Gasteiger charge is 2.33. The predicted octanol–water partition coefficient (Wildman–Crippen LogP) is 3.57. The topological polar surface area (TPSA) is 121 Å². The normalized spacial score (nSPS) is 18.6. The second kappa shape index (κ2) is 11.0. The van der Waals surface area contributed by atoms with Gasteiger partial charge in [0, 0.05) is 6.04 Å². The maximum Gasteiger partial charge on any atom is 0.407 e. The quantitative estimate of drug-likeness (QED) is 0.609. The molecule has 1 saturated carbocycles. The maximum absolute atomic E-state index is 12.9. The van der Waals surface area contributed by atoms with Crippen LogP contribution in [0.4, 0.5) is 4.79 Å². The minimum absolute atomic E-state index is 0.0221. The minimum atomic E-state index is -0.890. The Hall–Kier alpha value is -3.73. The number of carbonyl (C=O) groups is 2. The van der Waals surface area contributed by atoms with Crippen molar-refractivity contribution < 1.29 is 24.2 Å². The molecule has 8 nitrogen and oxygen atoms in total. The van der Waals surface area contributed by atoms with E-state index in [4.69, 9.17) is 9.47 Å². The number of carbonyl (C=O) groups excluding carboxylic acids is 2. The fourth-order valence-electron chi connectivity index (χ4n) is 3.82. The van der Waals surface area contributed by atoms with E-state index in [1.165, 1.54) is 12.1 Å². The molecule has 168 valence electrons. The summed E-state index contributed by atoms with van der Waals surface area (Å²) in [6, 6.07) is 14.2. The van der Waals surface area contributed by atoms with Crippen molar-refractivity contribution in [2.24, 2.45) is 5.92 Å². The van der Waals surface area contributed by atoms with E-state index >= 15 is 0 Å². The molecule has 3 rings (SSSR count). The van der Waals surface area contributed by atoms with Crippen LogP contribution < -0.4 is 15.4 Å². The molecular formula is C24H27N3O5. The molecule has 0 bridgehead atoms. The molecule has 2 aromatic rings. The Morgan fingerprint density at radius 1 is 1.19 bits per heavy atom. The van der Waals surface area contributed by atoms with E-state index in [1.54, 1.807) is 31.4 Å². The van der Waals surface area contributed by atoms with E-state index in [1.807, 2.05) is 12.1 Å². The summed E-state index contributed by atoms with van der Waals surface area (Å²) < 4.78 is 10.4. The maximum atomic E-state index is 12.9. The van der Waals surface area contributed by atoms with E-state index in [0.29, 0.717) is 18.4 Å². The first-order chi connectivity index (χ1) is 15.5. The number of methoxy groups -OCH3 is 1. The lowest BCUT2D eigenvalue weighted by Gasteiger charge is -2.31. The van der Waals surface area contributed by atoms with Gasteiger partial charge >= 0.3 is 6.09 Å². The molecule has 1 fully saturated rings. The smallest absolute Gasteiger partial charge is 0.407 e. The van der Waals surface area contributed by atoms with Gasteiger partial charge in [-0.1, -0.05) is 37.1 Å². The fourth-order valence-corrected chi connectivity index (χ4v) is 3.82. The van der Waals surface area contributed by atoms with Crippen LogP contribution in [0.15, 0.2) is 48.5 Å². The Morgan fingerprint density at radius 2 is 1.94 bits per heavy atom. The van der Waals surface area contributed by atoms with E-state index < -0.39 is 18.1 Å². The number of nitrogens with zero attached hydrogens (tertiary/aromatic N) is 1. The minimum Gasteiger partial charge on any atom is -0.508 e. The van der Waals surface area contributed by atoms with Gasteiger partial charge in [0.1, 0.15) is 24.1 Å². The number of ether oxygens (including phenoxy) is 2. The number of phenolic OH excluding ortho intramolecular Hbond substituents is 1. The third-order valence-electron chi connectivity index (χ3n) is 5.55. The molecule has 0 heterocycles. The molecule has 3 atom stereocenters. The zero-order valence-corrected chi connectivity index (χ0v) is 17.9. The van der Waals surface area contributed by atoms with Crippen molar-refractivity contribution in [1.82, 2.24) is 10.6 Å². The van der Waals surface area contributed by atoms with Gasteiger partial charge in [-0.25, -0.2) is 4.79 Å². The highest BCUT2D eigenvalue weighted by atomic mass is 16.5. The van der Waals surface area contributed by atoms with Crippen molar-refractivity contribution in [3.05, 3.63) is 59.7 Å². The highest BCUT2D eigenvalue weighted by molar-refractivity contribution is 5.81. The lowest BCUT2D eigenvalue weighted by atomic mass is 9.83. The van der Waals surface area contributed by atoms with Gasteiger partial charge in [0.25, 0.3) is 0 Å². The molecule has 0 aliphatic heterocycles. The van der Waals surface area contributed by atoms with Crippen molar-refractivity contribution in [2.45, 2.75) is 44.4 Å². The summed E-state index contributed by atoms with van der Waals surface area (Å²) in [6.07, 6.45) is 2.42. The number of alkyl carbamates (subject to hydrolysis) is 1. The standard InChI is InChI=1S/C24H27N3O5/c1-31-19-11-9-16(10-12-19)15-32-24(30)27-21-8-3-2-7-20(21)23(29)26-22(14-25)17-5-4-6-18(28)13-17/h4-6,9-13,20-22,28H,2-3,7-8,15H2,1H3,(H,26,29)(H,27,30)/t20-,21-,22?/m1/s1. The number of benzene rings is 2. The number of nitrogens with one attached hydrogen (secondary N) is 2. The molecule has 8 heteroatoms. The molecule has 1 unspecified atom stereocenters. The number of phenols is 1. The number of rotatable bonds is 7. The third-order valence-corrected chi connectivity index (χ3v) is 5.55. The first-order valence-electron chi connectivity index (χ1n) is 10.6. The van der Waals surface area contributed by atoms with Crippen LogP contribution in [0.5, 0.6) is 11.5 Å². The largest absolute Gasteiger partial charge is 0.508 e. The van der Waals surface area contributed by atoms with Gasteiger partial charge in [0.05, 0.1) is 19.1 Å². The molecule has 0 spiro atoms. The average molecular weight is 437 g/mol. The zero-order valence-electron chi connectivity index (χ0n) is 17.9. The Bertz CT molecular complexity index is 970. The van der Waals surface area contributed by atoms with E-state index in [-0.39, 0.29) is 24.3 Å². The molecule has 0 saturated heterocycles. The average Bonchev–Trinajstić information content (AvgIpc) is 2.81. The number of hydrogen-bond donors (Lipinski definition) is 3. The number of amides is 2. The van der Waals surface area contributed by atoms with Crippen LogP contribution in [0, 0.1) is 17.2 Å². The fraction of sp³-hybridized carbons (Fsp3) is 0.375. The zero-order chi connectivity index (χ0) is 22.9. The van der Waals surface area contributed by atoms with E-state index in [0.717, 1.165) is 24.2 Å². The SMILES string of the molecule is COc1ccc(COC(=O)N[C@@H]2CCCC[C@H]2C(=O)NC(C#N)c2cccc(O)c2)cc1. The highest BCUT2D eigenvalue weighted by Crippen LogP contribution is 2.26. The van der Waals surface area contributed by atoms with Gasteiger partial charge in [-0.05, 0) is 48.2 Å². The molecule has 32 heavy (non-hydrogen) atoms. The van der Waals surface area contributed by atoms with Gasteiger partial charge in [0.2, 0.25) is 5.91 Å². The van der Waals surface area contributed by atoms with Gasteiger partial charge in [-0.3, -0.25) is 4.79 Å². The lowest BCUT2D eigenvalue weighted by Crippen LogP contribution is -2.49. The van der Waals surface area contributed by atoms with Crippen molar-refractivity contribution in [1.29, 1.82) is 5.26 Å². The van der Waals surface area contributed by atoms with Crippen molar-refractivity contribution in [3.63, 3.8) is 0 Å².